The lowest BCUT2D eigenvalue weighted by atomic mass is 10.1. The van der Waals surface area contributed by atoms with Crippen molar-refractivity contribution in [2.45, 2.75) is 25.9 Å². The van der Waals surface area contributed by atoms with Gasteiger partial charge < -0.3 is 5.11 Å². The first-order chi connectivity index (χ1) is 4.18. The maximum Gasteiger partial charge on any atom is 0.138 e. The monoisotopic (exact) mass is 146 g/mol. The molecule has 0 radical (unpaired) electrons. The molecule has 0 saturated carbocycles. The molecule has 9 heavy (non-hydrogen) atoms. The van der Waals surface area contributed by atoms with E-state index in [4.69, 9.17) is 11.6 Å². The Bertz CT molecular complexity index is 128. The Labute approximate surface area is 61.0 Å². The van der Waals surface area contributed by atoms with Crippen LogP contribution in [0.25, 0.3) is 0 Å². The molecule has 0 aromatic rings. The molecule has 0 bridgehead atoms. The molecule has 0 rings (SSSR count). The van der Waals surface area contributed by atoms with Gasteiger partial charge in [-0.3, -0.25) is 0 Å². The first kappa shape index (κ1) is 8.81. The van der Waals surface area contributed by atoms with Crippen LogP contribution in [0.1, 0.15) is 20.3 Å². The van der Waals surface area contributed by atoms with E-state index in [0.717, 1.165) is 0 Å². The van der Waals surface area contributed by atoms with Crippen molar-refractivity contribution in [2.75, 3.05) is 5.88 Å². The largest absolute Gasteiger partial charge is 0.376 e. The van der Waals surface area contributed by atoms with Gasteiger partial charge in [-0.15, -0.1) is 17.5 Å². The fourth-order valence-corrected chi connectivity index (χ4v) is 0.705. The Morgan fingerprint density at radius 2 is 2.22 bits per heavy atom. The van der Waals surface area contributed by atoms with E-state index in [1.54, 1.807) is 6.92 Å². The van der Waals surface area contributed by atoms with Crippen molar-refractivity contribution in [3.8, 4) is 11.8 Å². The highest BCUT2D eigenvalue weighted by Gasteiger charge is 2.18. The fraction of sp³-hybridized carbons (Fsp3) is 0.714. The molecule has 0 spiro atoms. The van der Waals surface area contributed by atoms with Crippen LogP contribution < -0.4 is 0 Å². The molecule has 1 N–H and O–H groups in total. The normalized spacial score (nSPS) is 15.6. The SMILES string of the molecule is CC#CC(O)(CC)CCl. The van der Waals surface area contributed by atoms with E-state index in [0.29, 0.717) is 6.42 Å². The summed E-state index contributed by atoms with van der Waals surface area (Å²) in [5.74, 6) is 5.44. The van der Waals surface area contributed by atoms with Crippen LogP contribution in [0.3, 0.4) is 0 Å². The second kappa shape index (κ2) is 3.76. The van der Waals surface area contributed by atoms with Crippen molar-refractivity contribution < 1.29 is 5.11 Å². The summed E-state index contributed by atoms with van der Waals surface area (Å²) in [5.41, 5.74) is -0.962. The lowest BCUT2D eigenvalue weighted by Crippen LogP contribution is -2.27. The van der Waals surface area contributed by atoms with E-state index in [9.17, 15) is 5.11 Å². The number of hydrogen-bond donors (Lipinski definition) is 1. The van der Waals surface area contributed by atoms with Crippen LogP contribution in [-0.4, -0.2) is 16.6 Å². The highest BCUT2D eigenvalue weighted by Crippen LogP contribution is 2.09. The zero-order valence-electron chi connectivity index (χ0n) is 5.74. The van der Waals surface area contributed by atoms with Crippen LogP contribution in [0.2, 0.25) is 0 Å². The summed E-state index contributed by atoms with van der Waals surface area (Å²) in [7, 11) is 0. The number of rotatable bonds is 2. The predicted molar refractivity (Wildman–Crippen MR) is 39.4 cm³/mol. The van der Waals surface area contributed by atoms with Crippen LogP contribution in [-0.2, 0) is 0 Å². The number of aliphatic hydroxyl groups is 1. The van der Waals surface area contributed by atoms with Crippen molar-refractivity contribution in [3.05, 3.63) is 0 Å². The van der Waals surface area contributed by atoms with Crippen LogP contribution in [0.4, 0.5) is 0 Å². The van der Waals surface area contributed by atoms with Gasteiger partial charge in [-0.1, -0.05) is 12.8 Å². The van der Waals surface area contributed by atoms with Crippen LogP contribution in [0, 0.1) is 11.8 Å². The molecule has 0 amide bonds. The molecular formula is C7H11ClO. The van der Waals surface area contributed by atoms with Crippen molar-refractivity contribution >= 4 is 11.6 Å². The third-order valence-corrected chi connectivity index (χ3v) is 1.61. The Morgan fingerprint density at radius 3 is 2.33 bits per heavy atom. The highest BCUT2D eigenvalue weighted by molar-refractivity contribution is 6.18. The zero-order valence-corrected chi connectivity index (χ0v) is 6.50. The summed E-state index contributed by atoms with van der Waals surface area (Å²) < 4.78 is 0. The standard InChI is InChI=1S/C7H11ClO/c1-3-5-7(9,4-2)6-8/h9H,4,6H2,1-2H3. The van der Waals surface area contributed by atoms with E-state index in [1.807, 2.05) is 6.92 Å². The maximum atomic E-state index is 9.32. The molecule has 1 atom stereocenters. The molecule has 0 heterocycles. The molecule has 0 saturated heterocycles. The average Bonchev–Trinajstić information content (AvgIpc) is 1.89. The number of halogens is 1. The first-order valence-corrected chi connectivity index (χ1v) is 3.44. The third kappa shape index (κ3) is 2.74. The lowest BCUT2D eigenvalue weighted by Gasteiger charge is -2.15. The maximum absolute atomic E-state index is 9.32. The Kier molecular flexibility index (Phi) is 3.68. The summed E-state index contributed by atoms with van der Waals surface area (Å²) >= 11 is 5.44. The smallest absolute Gasteiger partial charge is 0.138 e. The van der Waals surface area contributed by atoms with E-state index in [2.05, 4.69) is 11.8 Å². The first-order valence-electron chi connectivity index (χ1n) is 2.91. The lowest BCUT2D eigenvalue weighted by molar-refractivity contribution is 0.121. The Hall–Kier alpha value is -0.190. The van der Waals surface area contributed by atoms with Crippen molar-refractivity contribution in [2.24, 2.45) is 0 Å². The van der Waals surface area contributed by atoms with Gasteiger partial charge in [0.15, 0.2) is 0 Å². The minimum absolute atomic E-state index is 0.185. The summed E-state index contributed by atoms with van der Waals surface area (Å²) in [5, 5.41) is 9.32. The van der Waals surface area contributed by atoms with E-state index >= 15 is 0 Å². The molecular weight excluding hydrogens is 136 g/mol. The minimum atomic E-state index is -0.962. The number of alkyl halides is 1. The van der Waals surface area contributed by atoms with E-state index in [1.165, 1.54) is 0 Å². The molecule has 0 aromatic heterocycles. The van der Waals surface area contributed by atoms with Gasteiger partial charge in [0.1, 0.15) is 5.60 Å². The molecule has 0 aromatic carbocycles. The average molecular weight is 147 g/mol. The van der Waals surface area contributed by atoms with Crippen molar-refractivity contribution in [1.82, 2.24) is 0 Å². The van der Waals surface area contributed by atoms with Crippen molar-refractivity contribution in [1.29, 1.82) is 0 Å². The second-order valence-electron chi connectivity index (χ2n) is 1.89. The van der Waals surface area contributed by atoms with Gasteiger partial charge in [0.05, 0.1) is 5.88 Å². The fourth-order valence-electron chi connectivity index (χ4n) is 0.449. The Morgan fingerprint density at radius 1 is 1.67 bits per heavy atom. The van der Waals surface area contributed by atoms with Crippen molar-refractivity contribution in [3.63, 3.8) is 0 Å². The van der Waals surface area contributed by atoms with Crippen LogP contribution >= 0.6 is 11.6 Å². The molecule has 0 aliphatic carbocycles. The zero-order chi connectivity index (χ0) is 7.33. The molecule has 0 aliphatic rings. The predicted octanol–water partition coefficient (Wildman–Crippen LogP) is 1.39. The van der Waals surface area contributed by atoms with E-state index < -0.39 is 5.60 Å². The summed E-state index contributed by atoms with van der Waals surface area (Å²) in [6.45, 7) is 3.54. The van der Waals surface area contributed by atoms with Gasteiger partial charge in [0, 0.05) is 0 Å². The summed E-state index contributed by atoms with van der Waals surface area (Å²) in [6, 6.07) is 0. The quantitative estimate of drug-likeness (QED) is 0.461. The molecule has 0 aliphatic heterocycles. The Balaban J connectivity index is 4.03. The topological polar surface area (TPSA) is 20.2 Å². The second-order valence-corrected chi connectivity index (χ2v) is 2.16. The number of hydrogen-bond acceptors (Lipinski definition) is 1. The van der Waals surface area contributed by atoms with E-state index in [-0.39, 0.29) is 5.88 Å². The molecule has 0 fully saturated rings. The van der Waals surface area contributed by atoms with Gasteiger partial charge >= 0.3 is 0 Å². The van der Waals surface area contributed by atoms with Gasteiger partial charge in [-0.25, -0.2) is 0 Å². The molecule has 2 heteroatoms. The third-order valence-electron chi connectivity index (χ3n) is 1.16. The molecule has 52 valence electrons. The molecule has 1 unspecified atom stereocenters. The van der Waals surface area contributed by atoms with Gasteiger partial charge in [0.2, 0.25) is 0 Å². The molecule has 1 nitrogen and oxygen atoms in total. The minimum Gasteiger partial charge on any atom is -0.376 e. The van der Waals surface area contributed by atoms with Gasteiger partial charge in [0.25, 0.3) is 0 Å². The van der Waals surface area contributed by atoms with Crippen LogP contribution in [0.5, 0.6) is 0 Å². The van der Waals surface area contributed by atoms with Gasteiger partial charge in [-0.05, 0) is 13.3 Å². The highest BCUT2D eigenvalue weighted by atomic mass is 35.5. The summed E-state index contributed by atoms with van der Waals surface area (Å²) in [6.07, 6.45) is 0.581. The summed E-state index contributed by atoms with van der Waals surface area (Å²) in [4.78, 5) is 0. The van der Waals surface area contributed by atoms with Gasteiger partial charge in [-0.2, -0.15) is 0 Å². The van der Waals surface area contributed by atoms with Crippen LogP contribution in [0.15, 0.2) is 0 Å².